The van der Waals surface area contributed by atoms with Crippen LogP contribution in [0.25, 0.3) is 0 Å². The summed E-state index contributed by atoms with van der Waals surface area (Å²) in [7, 11) is 1.65. The zero-order valence-electron chi connectivity index (χ0n) is 13.9. The minimum absolute atomic E-state index is 0.0428. The SMILES string of the molecule is COc1cccc(NC(N)=NCC(C)(C)N2CCCCC2)c1. The number of piperidine rings is 1. The molecule has 3 N–H and O–H groups in total. The summed E-state index contributed by atoms with van der Waals surface area (Å²) in [4.78, 5) is 7.04. The number of hydrogen-bond acceptors (Lipinski definition) is 3. The molecule has 0 aliphatic carbocycles. The monoisotopic (exact) mass is 304 g/mol. The van der Waals surface area contributed by atoms with Crippen LogP contribution in [0.15, 0.2) is 29.3 Å². The summed E-state index contributed by atoms with van der Waals surface area (Å²) in [6.45, 7) is 7.48. The van der Waals surface area contributed by atoms with Gasteiger partial charge in [0, 0.05) is 17.3 Å². The van der Waals surface area contributed by atoms with Crippen LogP contribution < -0.4 is 15.8 Å². The Kier molecular flexibility index (Phi) is 5.66. The first-order chi connectivity index (χ1) is 10.5. The summed E-state index contributed by atoms with van der Waals surface area (Å²) in [5.74, 6) is 1.24. The van der Waals surface area contributed by atoms with E-state index in [2.05, 4.69) is 29.1 Å². The van der Waals surface area contributed by atoms with Gasteiger partial charge in [0.2, 0.25) is 0 Å². The second-order valence-corrected chi connectivity index (χ2v) is 6.42. The molecular formula is C17H28N4O. The topological polar surface area (TPSA) is 62.9 Å². The zero-order chi connectivity index (χ0) is 16.0. The molecule has 1 aromatic carbocycles. The van der Waals surface area contributed by atoms with Crippen LogP contribution in [0.4, 0.5) is 5.69 Å². The predicted molar refractivity (Wildman–Crippen MR) is 92.6 cm³/mol. The van der Waals surface area contributed by atoms with E-state index in [1.54, 1.807) is 7.11 Å². The number of anilines is 1. The Hall–Kier alpha value is -1.75. The fraction of sp³-hybridized carbons (Fsp3) is 0.588. The van der Waals surface area contributed by atoms with E-state index in [1.807, 2.05) is 24.3 Å². The van der Waals surface area contributed by atoms with Gasteiger partial charge in [-0.25, -0.2) is 0 Å². The molecule has 22 heavy (non-hydrogen) atoms. The van der Waals surface area contributed by atoms with Crippen molar-refractivity contribution in [3.8, 4) is 5.75 Å². The minimum atomic E-state index is 0.0428. The molecule has 0 aromatic heterocycles. The van der Waals surface area contributed by atoms with Crippen LogP contribution in [0.1, 0.15) is 33.1 Å². The summed E-state index contributed by atoms with van der Waals surface area (Å²) in [5.41, 5.74) is 6.94. The normalized spacial score (nSPS) is 17.3. The Balaban J connectivity index is 1.93. The highest BCUT2D eigenvalue weighted by Gasteiger charge is 2.27. The number of rotatable bonds is 5. The number of benzene rings is 1. The van der Waals surface area contributed by atoms with Crippen molar-refractivity contribution >= 4 is 11.6 Å². The molecule has 122 valence electrons. The van der Waals surface area contributed by atoms with Crippen LogP contribution in [0.3, 0.4) is 0 Å². The first kappa shape index (κ1) is 16.6. The van der Waals surface area contributed by atoms with Crippen molar-refractivity contribution in [2.24, 2.45) is 10.7 Å². The van der Waals surface area contributed by atoms with Gasteiger partial charge in [-0.2, -0.15) is 0 Å². The number of nitrogens with two attached hydrogens (primary N) is 1. The van der Waals surface area contributed by atoms with Crippen molar-refractivity contribution in [3.63, 3.8) is 0 Å². The molecular weight excluding hydrogens is 276 g/mol. The summed E-state index contributed by atoms with van der Waals surface area (Å²) in [6.07, 6.45) is 3.91. The van der Waals surface area contributed by atoms with E-state index >= 15 is 0 Å². The molecule has 1 aliphatic heterocycles. The van der Waals surface area contributed by atoms with Crippen LogP contribution in [-0.4, -0.2) is 43.1 Å². The Morgan fingerprint density at radius 3 is 2.73 bits per heavy atom. The van der Waals surface area contributed by atoms with Crippen LogP contribution >= 0.6 is 0 Å². The van der Waals surface area contributed by atoms with E-state index < -0.39 is 0 Å². The molecule has 0 bridgehead atoms. The fourth-order valence-corrected chi connectivity index (χ4v) is 2.77. The number of hydrogen-bond donors (Lipinski definition) is 2. The highest BCUT2D eigenvalue weighted by Crippen LogP contribution is 2.21. The summed E-state index contributed by atoms with van der Waals surface area (Å²) in [5, 5.41) is 3.12. The smallest absolute Gasteiger partial charge is 0.193 e. The van der Waals surface area contributed by atoms with Crippen molar-refractivity contribution in [2.75, 3.05) is 32.1 Å². The number of likely N-dealkylation sites (tertiary alicyclic amines) is 1. The molecule has 5 heteroatoms. The molecule has 0 saturated carbocycles. The molecule has 0 atom stereocenters. The maximum Gasteiger partial charge on any atom is 0.193 e. The van der Waals surface area contributed by atoms with Gasteiger partial charge in [0.1, 0.15) is 5.75 Å². The van der Waals surface area contributed by atoms with E-state index in [-0.39, 0.29) is 5.54 Å². The average Bonchev–Trinajstić information content (AvgIpc) is 2.54. The van der Waals surface area contributed by atoms with E-state index in [1.165, 1.54) is 19.3 Å². The van der Waals surface area contributed by atoms with Gasteiger partial charge in [0.05, 0.1) is 13.7 Å². The van der Waals surface area contributed by atoms with Gasteiger partial charge in [-0.1, -0.05) is 12.5 Å². The van der Waals surface area contributed by atoms with Gasteiger partial charge in [-0.15, -0.1) is 0 Å². The third kappa shape index (κ3) is 4.63. The maximum atomic E-state index is 6.01. The molecule has 1 fully saturated rings. The molecule has 5 nitrogen and oxygen atoms in total. The lowest BCUT2D eigenvalue weighted by atomic mass is 9.99. The number of ether oxygens (including phenoxy) is 1. The molecule has 0 radical (unpaired) electrons. The third-order valence-electron chi connectivity index (χ3n) is 4.19. The quantitative estimate of drug-likeness (QED) is 0.648. The molecule has 1 saturated heterocycles. The predicted octanol–water partition coefficient (Wildman–Crippen LogP) is 2.69. The fourth-order valence-electron chi connectivity index (χ4n) is 2.77. The van der Waals surface area contributed by atoms with E-state index in [4.69, 9.17) is 10.5 Å². The minimum Gasteiger partial charge on any atom is -0.497 e. The van der Waals surface area contributed by atoms with Crippen LogP contribution in [0, 0.1) is 0 Å². The molecule has 0 unspecified atom stereocenters. The highest BCUT2D eigenvalue weighted by molar-refractivity contribution is 5.92. The van der Waals surface area contributed by atoms with Crippen molar-refractivity contribution in [1.29, 1.82) is 0 Å². The van der Waals surface area contributed by atoms with E-state index in [9.17, 15) is 0 Å². The molecule has 2 rings (SSSR count). The number of nitrogens with zero attached hydrogens (tertiary/aromatic N) is 2. The molecule has 1 aromatic rings. The Labute approximate surface area is 133 Å². The lowest BCUT2D eigenvalue weighted by molar-refractivity contribution is 0.102. The lowest BCUT2D eigenvalue weighted by Crippen LogP contribution is -2.49. The summed E-state index contributed by atoms with van der Waals surface area (Å²) in [6, 6.07) is 7.67. The first-order valence-electron chi connectivity index (χ1n) is 7.97. The van der Waals surface area contributed by atoms with Gasteiger partial charge in [-0.3, -0.25) is 9.89 Å². The zero-order valence-corrected chi connectivity index (χ0v) is 13.9. The summed E-state index contributed by atoms with van der Waals surface area (Å²) >= 11 is 0. The largest absolute Gasteiger partial charge is 0.497 e. The van der Waals surface area contributed by atoms with Crippen LogP contribution in [0.5, 0.6) is 5.75 Å². The second-order valence-electron chi connectivity index (χ2n) is 6.42. The maximum absolute atomic E-state index is 6.01. The molecule has 0 spiro atoms. The van der Waals surface area contributed by atoms with Gasteiger partial charge in [0.25, 0.3) is 0 Å². The Morgan fingerprint density at radius 2 is 2.05 bits per heavy atom. The molecule has 1 heterocycles. The van der Waals surface area contributed by atoms with Crippen LogP contribution in [-0.2, 0) is 0 Å². The Morgan fingerprint density at radius 1 is 1.32 bits per heavy atom. The number of aliphatic imine (C=N–C) groups is 1. The standard InChI is InChI=1S/C17H28N4O/c1-17(2,21-10-5-4-6-11-21)13-19-16(18)20-14-8-7-9-15(12-14)22-3/h7-9,12H,4-6,10-11,13H2,1-3H3,(H3,18,19,20). The van der Waals surface area contributed by atoms with Crippen molar-refractivity contribution < 1.29 is 4.74 Å². The van der Waals surface area contributed by atoms with Crippen molar-refractivity contribution in [3.05, 3.63) is 24.3 Å². The number of methoxy groups -OCH3 is 1. The van der Waals surface area contributed by atoms with Gasteiger partial charge in [0.15, 0.2) is 5.96 Å². The Bertz CT molecular complexity index is 507. The number of nitrogens with one attached hydrogen (secondary N) is 1. The number of guanidine groups is 1. The van der Waals surface area contributed by atoms with Gasteiger partial charge >= 0.3 is 0 Å². The highest BCUT2D eigenvalue weighted by atomic mass is 16.5. The van der Waals surface area contributed by atoms with Crippen molar-refractivity contribution in [1.82, 2.24) is 4.90 Å². The second kappa shape index (κ2) is 7.49. The molecule has 0 amide bonds. The lowest BCUT2D eigenvalue weighted by Gasteiger charge is -2.40. The van der Waals surface area contributed by atoms with Crippen molar-refractivity contribution in [2.45, 2.75) is 38.6 Å². The third-order valence-corrected chi connectivity index (χ3v) is 4.19. The van der Waals surface area contributed by atoms with E-state index in [0.717, 1.165) is 24.5 Å². The molecule has 1 aliphatic rings. The summed E-state index contributed by atoms with van der Waals surface area (Å²) < 4.78 is 5.20. The first-order valence-corrected chi connectivity index (χ1v) is 7.97. The van der Waals surface area contributed by atoms with Gasteiger partial charge in [-0.05, 0) is 51.9 Å². The van der Waals surface area contributed by atoms with Crippen LogP contribution in [0.2, 0.25) is 0 Å². The van der Waals surface area contributed by atoms with E-state index in [0.29, 0.717) is 12.5 Å². The van der Waals surface area contributed by atoms with Gasteiger partial charge < -0.3 is 15.8 Å². The average molecular weight is 304 g/mol.